The minimum absolute atomic E-state index is 0.243. The number of nitrogens with two attached hydrogens (primary N) is 1. The van der Waals surface area contributed by atoms with Gasteiger partial charge < -0.3 is 10.5 Å². The largest absolute Gasteiger partial charge is 0.377 e. The number of hydrogen-bond donors (Lipinski definition) is 1. The summed E-state index contributed by atoms with van der Waals surface area (Å²) in [6.45, 7) is 2.84. The SMILES string of the molecule is CC1OCCC1SCC(N)c1ccc(F)c(F)c1. The molecule has 1 saturated heterocycles. The zero-order chi connectivity index (χ0) is 13.1. The van der Waals surface area contributed by atoms with E-state index in [0.29, 0.717) is 16.6 Å². The molecule has 1 aromatic rings. The lowest BCUT2D eigenvalue weighted by atomic mass is 10.1. The fourth-order valence-corrected chi connectivity index (χ4v) is 3.26. The van der Waals surface area contributed by atoms with Gasteiger partial charge in [0.25, 0.3) is 0 Å². The molecule has 0 aliphatic carbocycles. The molecule has 5 heteroatoms. The van der Waals surface area contributed by atoms with E-state index < -0.39 is 11.6 Å². The monoisotopic (exact) mass is 273 g/mol. The van der Waals surface area contributed by atoms with Gasteiger partial charge in [-0.2, -0.15) is 11.8 Å². The molecule has 0 spiro atoms. The van der Waals surface area contributed by atoms with E-state index in [1.54, 1.807) is 11.8 Å². The average molecular weight is 273 g/mol. The van der Waals surface area contributed by atoms with Crippen LogP contribution in [-0.2, 0) is 4.74 Å². The van der Waals surface area contributed by atoms with E-state index in [-0.39, 0.29) is 12.1 Å². The predicted octanol–water partition coefficient (Wildman–Crippen LogP) is 2.88. The van der Waals surface area contributed by atoms with E-state index in [1.807, 2.05) is 6.92 Å². The summed E-state index contributed by atoms with van der Waals surface area (Å²) in [7, 11) is 0. The molecule has 0 radical (unpaired) electrons. The highest BCUT2D eigenvalue weighted by molar-refractivity contribution is 8.00. The maximum Gasteiger partial charge on any atom is 0.159 e. The van der Waals surface area contributed by atoms with Crippen LogP contribution in [0.15, 0.2) is 18.2 Å². The zero-order valence-corrected chi connectivity index (χ0v) is 11.1. The van der Waals surface area contributed by atoms with Crippen LogP contribution in [0.2, 0.25) is 0 Å². The van der Waals surface area contributed by atoms with Gasteiger partial charge in [-0.05, 0) is 31.0 Å². The van der Waals surface area contributed by atoms with E-state index in [4.69, 9.17) is 10.5 Å². The lowest BCUT2D eigenvalue weighted by Gasteiger charge is -2.17. The standard InChI is InChI=1S/C13H17F2NOS/c1-8-13(4-5-17-8)18-7-12(16)9-2-3-10(14)11(15)6-9/h2-3,6,8,12-13H,4-5,7,16H2,1H3. The molecule has 2 rings (SSSR count). The maximum atomic E-state index is 13.1. The molecule has 3 unspecified atom stereocenters. The Morgan fingerprint density at radius 3 is 2.83 bits per heavy atom. The minimum atomic E-state index is -0.842. The fourth-order valence-electron chi connectivity index (χ4n) is 2.00. The summed E-state index contributed by atoms with van der Waals surface area (Å²) in [6, 6.07) is 3.56. The summed E-state index contributed by atoms with van der Waals surface area (Å²) in [5, 5.41) is 0.446. The number of halogens is 2. The van der Waals surface area contributed by atoms with Crippen LogP contribution in [0.3, 0.4) is 0 Å². The highest BCUT2D eigenvalue weighted by Crippen LogP contribution is 2.29. The molecule has 2 nitrogen and oxygen atoms in total. The van der Waals surface area contributed by atoms with Crippen LogP contribution in [0.1, 0.15) is 24.9 Å². The van der Waals surface area contributed by atoms with Crippen molar-refractivity contribution in [1.82, 2.24) is 0 Å². The van der Waals surface area contributed by atoms with Gasteiger partial charge in [-0.1, -0.05) is 6.07 Å². The molecule has 0 aromatic heterocycles. The summed E-state index contributed by atoms with van der Waals surface area (Å²) in [6.07, 6.45) is 1.27. The van der Waals surface area contributed by atoms with Gasteiger partial charge in [-0.15, -0.1) is 0 Å². The van der Waals surface area contributed by atoms with Crippen molar-refractivity contribution < 1.29 is 13.5 Å². The Hall–Kier alpha value is -0.650. The number of ether oxygens (including phenoxy) is 1. The summed E-state index contributed by atoms with van der Waals surface area (Å²) in [4.78, 5) is 0. The zero-order valence-electron chi connectivity index (χ0n) is 10.2. The minimum Gasteiger partial charge on any atom is -0.377 e. The fraction of sp³-hybridized carbons (Fsp3) is 0.538. The molecule has 18 heavy (non-hydrogen) atoms. The van der Waals surface area contributed by atoms with Crippen molar-refractivity contribution >= 4 is 11.8 Å². The topological polar surface area (TPSA) is 35.2 Å². The van der Waals surface area contributed by atoms with Crippen molar-refractivity contribution in [3.05, 3.63) is 35.4 Å². The highest BCUT2D eigenvalue weighted by atomic mass is 32.2. The lowest BCUT2D eigenvalue weighted by molar-refractivity contribution is 0.127. The molecule has 1 aromatic carbocycles. The molecule has 1 aliphatic rings. The van der Waals surface area contributed by atoms with E-state index in [1.165, 1.54) is 12.1 Å². The first-order valence-corrected chi connectivity index (χ1v) is 7.06. The number of hydrogen-bond acceptors (Lipinski definition) is 3. The van der Waals surface area contributed by atoms with Crippen LogP contribution in [0.5, 0.6) is 0 Å². The van der Waals surface area contributed by atoms with Crippen LogP contribution >= 0.6 is 11.8 Å². The second-order valence-corrected chi connectivity index (χ2v) is 5.79. The molecule has 0 amide bonds. The van der Waals surface area contributed by atoms with Crippen LogP contribution < -0.4 is 5.73 Å². The summed E-state index contributed by atoms with van der Waals surface area (Å²) >= 11 is 1.74. The first-order chi connectivity index (χ1) is 8.58. The van der Waals surface area contributed by atoms with Gasteiger partial charge in [-0.25, -0.2) is 8.78 Å². The second-order valence-electron chi connectivity index (χ2n) is 4.52. The Morgan fingerprint density at radius 2 is 2.22 bits per heavy atom. The summed E-state index contributed by atoms with van der Waals surface area (Å²) < 4.78 is 31.4. The van der Waals surface area contributed by atoms with Gasteiger partial charge in [-0.3, -0.25) is 0 Å². The summed E-state index contributed by atoms with van der Waals surface area (Å²) in [5.41, 5.74) is 6.62. The first-order valence-electron chi connectivity index (χ1n) is 6.01. The van der Waals surface area contributed by atoms with Gasteiger partial charge in [0.15, 0.2) is 11.6 Å². The Morgan fingerprint density at radius 1 is 1.44 bits per heavy atom. The molecule has 0 bridgehead atoms. The Kier molecular flexibility index (Phi) is 4.59. The van der Waals surface area contributed by atoms with Crippen LogP contribution in [0.4, 0.5) is 8.78 Å². The Balaban J connectivity index is 1.90. The van der Waals surface area contributed by atoms with Crippen molar-refractivity contribution in [1.29, 1.82) is 0 Å². The summed E-state index contributed by atoms with van der Waals surface area (Å²) in [5.74, 6) is -0.995. The maximum absolute atomic E-state index is 13.1. The van der Waals surface area contributed by atoms with Crippen LogP contribution in [0, 0.1) is 11.6 Å². The van der Waals surface area contributed by atoms with E-state index >= 15 is 0 Å². The van der Waals surface area contributed by atoms with Gasteiger partial charge >= 0.3 is 0 Å². The van der Waals surface area contributed by atoms with Gasteiger partial charge in [0.1, 0.15) is 0 Å². The third kappa shape index (κ3) is 3.22. The average Bonchev–Trinajstić information content (AvgIpc) is 2.75. The van der Waals surface area contributed by atoms with Crippen LogP contribution in [-0.4, -0.2) is 23.7 Å². The quantitative estimate of drug-likeness (QED) is 0.916. The molecule has 0 saturated carbocycles. The van der Waals surface area contributed by atoms with Crippen molar-refractivity contribution in [2.24, 2.45) is 5.73 Å². The smallest absolute Gasteiger partial charge is 0.159 e. The second kappa shape index (κ2) is 5.99. The molecule has 100 valence electrons. The van der Waals surface area contributed by atoms with Gasteiger partial charge in [0.2, 0.25) is 0 Å². The Bertz CT molecular complexity index is 416. The van der Waals surface area contributed by atoms with Gasteiger partial charge in [0, 0.05) is 23.7 Å². The number of benzene rings is 1. The Labute approximate surface area is 110 Å². The van der Waals surface area contributed by atoms with Crippen molar-refractivity contribution in [2.45, 2.75) is 30.7 Å². The molecule has 2 N–H and O–H groups in total. The molecular weight excluding hydrogens is 256 g/mol. The first kappa shape index (κ1) is 13.8. The molecular formula is C13H17F2NOS. The predicted molar refractivity (Wildman–Crippen MR) is 69.6 cm³/mol. The molecule has 1 heterocycles. The molecule has 3 atom stereocenters. The third-order valence-corrected chi connectivity index (χ3v) is 4.77. The third-order valence-electron chi connectivity index (χ3n) is 3.17. The number of rotatable bonds is 4. The normalized spacial score (nSPS) is 25.3. The van der Waals surface area contributed by atoms with Gasteiger partial charge in [0.05, 0.1) is 6.10 Å². The lowest BCUT2D eigenvalue weighted by Crippen LogP contribution is -2.19. The van der Waals surface area contributed by atoms with Crippen LogP contribution in [0.25, 0.3) is 0 Å². The molecule has 1 aliphatic heterocycles. The van der Waals surface area contributed by atoms with Crippen molar-refractivity contribution in [3.8, 4) is 0 Å². The van der Waals surface area contributed by atoms with Crippen molar-refractivity contribution in [2.75, 3.05) is 12.4 Å². The van der Waals surface area contributed by atoms with E-state index in [2.05, 4.69) is 0 Å². The van der Waals surface area contributed by atoms with E-state index in [0.717, 1.165) is 19.1 Å². The highest BCUT2D eigenvalue weighted by Gasteiger charge is 2.25. The molecule has 1 fully saturated rings. The van der Waals surface area contributed by atoms with E-state index in [9.17, 15) is 8.78 Å². The van der Waals surface area contributed by atoms with Crippen molar-refractivity contribution in [3.63, 3.8) is 0 Å². The number of thioether (sulfide) groups is 1.